The van der Waals surface area contributed by atoms with E-state index in [0.29, 0.717) is 15.9 Å². The molecular weight excluding hydrogens is 261 g/mol. The summed E-state index contributed by atoms with van der Waals surface area (Å²) in [6.07, 6.45) is 0. The fraction of sp³-hybridized carbons (Fsp3) is 0.545. The van der Waals surface area contributed by atoms with Gasteiger partial charge in [-0.2, -0.15) is 0 Å². The Morgan fingerprint density at radius 3 is 2.47 bits per heavy atom. The largest absolute Gasteiger partial charge is 0.340 e. The summed E-state index contributed by atoms with van der Waals surface area (Å²) >= 11 is 11.6. The maximum Gasteiger partial charge on any atom is 0.270 e. The van der Waals surface area contributed by atoms with Crippen molar-refractivity contribution in [1.82, 2.24) is 14.8 Å². The van der Waals surface area contributed by atoms with Gasteiger partial charge in [0.15, 0.2) is 0 Å². The van der Waals surface area contributed by atoms with E-state index in [1.807, 2.05) is 4.90 Å². The molecule has 1 fully saturated rings. The maximum absolute atomic E-state index is 12.1. The average molecular weight is 276 g/mol. The van der Waals surface area contributed by atoms with Crippen molar-refractivity contribution in [2.24, 2.45) is 0 Å². The molecule has 1 saturated heterocycles. The summed E-state index contributed by atoms with van der Waals surface area (Å²) in [5.41, 5.74) is 0.463. The Balaban J connectivity index is 2.01. The molecule has 0 aliphatic carbocycles. The Kier molecular flexibility index (Phi) is 3.97. The van der Waals surface area contributed by atoms with E-state index in [9.17, 15) is 4.79 Å². The van der Waals surface area contributed by atoms with Crippen LogP contribution in [0.4, 0.5) is 0 Å². The lowest BCUT2D eigenvalue weighted by molar-refractivity contribution is 0.0638. The first kappa shape index (κ1) is 12.7. The molecule has 4 nitrogen and oxygen atoms in total. The van der Waals surface area contributed by atoms with Gasteiger partial charge < -0.3 is 14.8 Å². The Morgan fingerprint density at radius 2 is 2.00 bits per heavy atom. The number of hydrogen-bond donors (Lipinski definition) is 1. The number of H-pyrrole nitrogens is 1. The van der Waals surface area contributed by atoms with Gasteiger partial charge in [-0.25, -0.2) is 0 Å². The van der Waals surface area contributed by atoms with Gasteiger partial charge in [0.05, 0.1) is 5.02 Å². The van der Waals surface area contributed by atoms with Crippen LogP contribution in [0.1, 0.15) is 17.4 Å². The van der Waals surface area contributed by atoms with Crippen molar-refractivity contribution in [2.45, 2.75) is 6.92 Å². The third-order valence-corrected chi connectivity index (χ3v) is 3.76. The number of aromatic amines is 1. The molecule has 1 aliphatic heterocycles. The molecule has 17 heavy (non-hydrogen) atoms. The third-order valence-electron chi connectivity index (χ3n) is 3.06. The van der Waals surface area contributed by atoms with E-state index in [1.165, 1.54) is 0 Å². The van der Waals surface area contributed by atoms with E-state index >= 15 is 0 Å². The number of halogens is 2. The van der Waals surface area contributed by atoms with Crippen LogP contribution >= 0.6 is 23.2 Å². The summed E-state index contributed by atoms with van der Waals surface area (Å²) in [4.78, 5) is 19.1. The molecule has 1 N–H and O–H groups in total. The summed E-state index contributed by atoms with van der Waals surface area (Å²) in [6.45, 7) is 6.50. The molecule has 6 heteroatoms. The van der Waals surface area contributed by atoms with Gasteiger partial charge in [-0.3, -0.25) is 4.79 Å². The highest BCUT2D eigenvalue weighted by atomic mass is 35.5. The monoisotopic (exact) mass is 275 g/mol. The molecule has 2 heterocycles. The van der Waals surface area contributed by atoms with Crippen molar-refractivity contribution >= 4 is 29.1 Å². The van der Waals surface area contributed by atoms with Crippen molar-refractivity contribution in [1.29, 1.82) is 0 Å². The normalized spacial score (nSPS) is 17.5. The molecule has 0 spiro atoms. The summed E-state index contributed by atoms with van der Waals surface area (Å²) in [7, 11) is 0. The Labute approximate surface area is 110 Å². The van der Waals surface area contributed by atoms with Gasteiger partial charge in [0.2, 0.25) is 0 Å². The third kappa shape index (κ3) is 2.76. The molecule has 0 radical (unpaired) electrons. The summed E-state index contributed by atoms with van der Waals surface area (Å²) in [5.74, 6) is -0.0328. The molecule has 0 aromatic carbocycles. The number of piperazine rings is 1. The van der Waals surface area contributed by atoms with Gasteiger partial charge >= 0.3 is 0 Å². The number of amides is 1. The molecule has 2 rings (SSSR count). The van der Waals surface area contributed by atoms with Crippen LogP contribution in [0.15, 0.2) is 6.07 Å². The Hall–Kier alpha value is -0.710. The molecule has 0 unspecified atom stereocenters. The number of carbonyl (C=O) groups is 1. The standard InChI is InChI=1S/C11H15Cl2N3O/c1-2-15-3-5-16(6-4-15)11(17)9-7-8(12)10(13)14-9/h7,14H,2-6H2,1H3. The van der Waals surface area contributed by atoms with Crippen molar-refractivity contribution in [3.63, 3.8) is 0 Å². The number of rotatable bonds is 2. The van der Waals surface area contributed by atoms with Crippen LogP contribution in [-0.2, 0) is 0 Å². The molecule has 1 aromatic rings. The second-order valence-electron chi connectivity index (χ2n) is 4.07. The minimum absolute atomic E-state index is 0.0328. The molecule has 1 aromatic heterocycles. The zero-order chi connectivity index (χ0) is 12.4. The molecule has 0 bridgehead atoms. The predicted octanol–water partition coefficient (Wildman–Crippen LogP) is 2.10. The summed E-state index contributed by atoms with van der Waals surface area (Å²) < 4.78 is 0. The number of nitrogens with zero attached hydrogens (tertiary/aromatic N) is 2. The molecule has 1 amide bonds. The first-order valence-electron chi connectivity index (χ1n) is 5.67. The van der Waals surface area contributed by atoms with Gasteiger partial charge in [-0.15, -0.1) is 0 Å². The second kappa shape index (κ2) is 5.29. The average Bonchev–Trinajstić information content (AvgIpc) is 2.69. The summed E-state index contributed by atoms with van der Waals surface area (Å²) in [5, 5.41) is 0.712. The fourth-order valence-corrected chi connectivity index (χ4v) is 2.27. The smallest absolute Gasteiger partial charge is 0.270 e. The van der Waals surface area contributed by atoms with Crippen molar-refractivity contribution in [3.05, 3.63) is 21.9 Å². The number of carbonyl (C=O) groups excluding carboxylic acids is 1. The van der Waals surface area contributed by atoms with E-state index in [0.717, 1.165) is 32.7 Å². The van der Waals surface area contributed by atoms with Gasteiger partial charge in [-0.05, 0) is 12.6 Å². The Morgan fingerprint density at radius 1 is 1.35 bits per heavy atom. The van der Waals surface area contributed by atoms with E-state index in [4.69, 9.17) is 23.2 Å². The quantitative estimate of drug-likeness (QED) is 0.898. The van der Waals surface area contributed by atoms with Gasteiger partial charge in [0.25, 0.3) is 5.91 Å². The van der Waals surface area contributed by atoms with E-state index in [-0.39, 0.29) is 5.91 Å². The molecule has 94 valence electrons. The van der Waals surface area contributed by atoms with Crippen LogP contribution in [0.2, 0.25) is 10.2 Å². The minimum Gasteiger partial charge on any atom is -0.340 e. The van der Waals surface area contributed by atoms with E-state index < -0.39 is 0 Å². The molecule has 0 saturated carbocycles. The van der Waals surface area contributed by atoms with Crippen molar-refractivity contribution in [3.8, 4) is 0 Å². The SMILES string of the molecule is CCN1CCN(C(=O)c2cc(Cl)c(Cl)[nH]2)CC1. The molecule has 1 aliphatic rings. The van der Waals surface area contributed by atoms with Crippen LogP contribution in [0.3, 0.4) is 0 Å². The van der Waals surface area contributed by atoms with Gasteiger partial charge in [0.1, 0.15) is 10.8 Å². The van der Waals surface area contributed by atoms with Gasteiger partial charge in [0, 0.05) is 26.2 Å². The van der Waals surface area contributed by atoms with Gasteiger partial charge in [-0.1, -0.05) is 30.1 Å². The lowest BCUT2D eigenvalue weighted by atomic mass is 10.3. The van der Waals surface area contributed by atoms with E-state index in [1.54, 1.807) is 6.07 Å². The number of aromatic nitrogens is 1. The number of nitrogens with one attached hydrogen (secondary N) is 1. The lowest BCUT2D eigenvalue weighted by Gasteiger charge is -2.33. The fourth-order valence-electron chi connectivity index (χ4n) is 1.96. The highest BCUT2D eigenvalue weighted by Crippen LogP contribution is 2.22. The predicted molar refractivity (Wildman–Crippen MR) is 68.8 cm³/mol. The van der Waals surface area contributed by atoms with E-state index in [2.05, 4.69) is 16.8 Å². The zero-order valence-corrected chi connectivity index (χ0v) is 11.2. The number of hydrogen-bond acceptors (Lipinski definition) is 2. The highest BCUT2D eigenvalue weighted by molar-refractivity contribution is 6.41. The minimum atomic E-state index is -0.0328. The number of likely N-dealkylation sites (N-methyl/N-ethyl adjacent to an activating group) is 1. The zero-order valence-electron chi connectivity index (χ0n) is 9.67. The van der Waals surface area contributed by atoms with Crippen LogP contribution in [-0.4, -0.2) is 53.4 Å². The Bertz CT molecular complexity index is 391. The van der Waals surface area contributed by atoms with Crippen molar-refractivity contribution in [2.75, 3.05) is 32.7 Å². The highest BCUT2D eigenvalue weighted by Gasteiger charge is 2.22. The first-order chi connectivity index (χ1) is 8.11. The summed E-state index contributed by atoms with van der Waals surface area (Å²) in [6, 6.07) is 1.58. The molecule has 0 atom stereocenters. The first-order valence-corrected chi connectivity index (χ1v) is 6.43. The van der Waals surface area contributed by atoms with Crippen LogP contribution in [0, 0.1) is 0 Å². The van der Waals surface area contributed by atoms with Crippen LogP contribution in [0.5, 0.6) is 0 Å². The molecular formula is C11H15Cl2N3O. The van der Waals surface area contributed by atoms with Crippen LogP contribution < -0.4 is 0 Å². The topological polar surface area (TPSA) is 39.3 Å². The lowest BCUT2D eigenvalue weighted by Crippen LogP contribution is -2.48. The second-order valence-corrected chi connectivity index (χ2v) is 4.86. The maximum atomic E-state index is 12.1. The van der Waals surface area contributed by atoms with Crippen molar-refractivity contribution < 1.29 is 4.79 Å². The van der Waals surface area contributed by atoms with Crippen LogP contribution in [0.25, 0.3) is 0 Å².